The van der Waals surface area contributed by atoms with Crippen LogP contribution in [0.2, 0.25) is 0 Å². The van der Waals surface area contributed by atoms with Crippen molar-refractivity contribution in [3.63, 3.8) is 0 Å². The zero-order valence-corrected chi connectivity index (χ0v) is 10.9. The van der Waals surface area contributed by atoms with Gasteiger partial charge in [-0.25, -0.2) is 0 Å². The highest BCUT2D eigenvalue weighted by atomic mass is 32.1. The van der Waals surface area contributed by atoms with E-state index in [4.69, 9.17) is 5.73 Å². The first-order valence-electron chi connectivity index (χ1n) is 5.86. The summed E-state index contributed by atoms with van der Waals surface area (Å²) < 4.78 is 0. The van der Waals surface area contributed by atoms with E-state index < -0.39 is 0 Å². The minimum absolute atomic E-state index is 0.0730. The Kier molecular flexibility index (Phi) is 4.36. The zero-order valence-electron chi connectivity index (χ0n) is 10.1. The van der Waals surface area contributed by atoms with Gasteiger partial charge in [0.2, 0.25) is 5.91 Å². The summed E-state index contributed by atoms with van der Waals surface area (Å²) in [4.78, 5) is 11.6. The number of hydrogen-bond donors (Lipinski definition) is 2. The average molecular weight is 260 g/mol. The molecule has 1 aromatic heterocycles. The third-order valence-corrected chi connectivity index (χ3v) is 3.39. The summed E-state index contributed by atoms with van der Waals surface area (Å²) in [6.45, 7) is 0.660. The molecular weight excluding hydrogens is 244 g/mol. The molecule has 4 heteroatoms. The van der Waals surface area contributed by atoms with E-state index in [9.17, 15) is 4.79 Å². The predicted octanol–water partition coefficient (Wildman–Crippen LogP) is 2.23. The molecule has 1 heterocycles. The van der Waals surface area contributed by atoms with Crippen molar-refractivity contribution in [2.24, 2.45) is 0 Å². The van der Waals surface area contributed by atoms with Gasteiger partial charge in [-0.1, -0.05) is 12.1 Å². The molecule has 0 fully saturated rings. The van der Waals surface area contributed by atoms with Crippen LogP contribution >= 0.6 is 11.3 Å². The quantitative estimate of drug-likeness (QED) is 0.810. The molecule has 0 saturated heterocycles. The summed E-state index contributed by atoms with van der Waals surface area (Å²) in [6, 6.07) is 9.70. The van der Waals surface area contributed by atoms with E-state index >= 15 is 0 Å². The minimum Gasteiger partial charge on any atom is -0.399 e. The van der Waals surface area contributed by atoms with Crippen LogP contribution in [-0.2, 0) is 17.6 Å². The van der Waals surface area contributed by atoms with Gasteiger partial charge in [0.15, 0.2) is 0 Å². The van der Waals surface area contributed by atoms with Crippen molar-refractivity contribution in [3.05, 3.63) is 52.2 Å². The first-order valence-corrected chi connectivity index (χ1v) is 6.80. The van der Waals surface area contributed by atoms with Crippen LogP contribution < -0.4 is 11.1 Å². The largest absolute Gasteiger partial charge is 0.399 e. The second-order valence-corrected chi connectivity index (χ2v) is 4.93. The van der Waals surface area contributed by atoms with Crippen LogP contribution in [0.25, 0.3) is 0 Å². The van der Waals surface area contributed by atoms with Gasteiger partial charge in [-0.15, -0.1) is 0 Å². The van der Waals surface area contributed by atoms with E-state index in [1.54, 1.807) is 11.3 Å². The minimum atomic E-state index is 0.0730. The summed E-state index contributed by atoms with van der Waals surface area (Å²) in [5.41, 5.74) is 8.63. The summed E-state index contributed by atoms with van der Waals surface area (Å²) in [5.74, 6) is 0.0730. The van der Waals surface area contributed by atoms with Crippen molar-refractivity contribution in [1.29, 1.82) is 0 Å². The number of nitrogens with two attached hydrogens (primary N) is 1. The van der Waals surface area contributed by atoms with Crippen LogP contribution in [0, 0.1) is 0 Å². The first-order chi connectivity index (χ1) is 8.74. The number of nitrogen functional groups attached to an aromatic ring is 1. The molecule has 0 saturated carbocycles. The van der Waals surface area contributed by atoms with Crippen LogP contribution in [0.15, 0.2) is 41.1 Å². The lowest BCUT2D eigenvalue weighted by Crippen LogP contribution is -2.27. The highest BCUT2D eigenvalue weighted by molar-refractivity contribution is 7.07. The monoisotopic (exact) mass is 260 g/mol. The fraction of sp³-hybridized carbons (Fsp3) is 0.214. The second kappa shape index (κ2) is 6.21. The molecule has 0 unspecified atom stereocenters. The number of thiophene rings is 1. The van der Waals surface area contributed by atoms with Crippen molar-refractivity contribution >= 4 is 22.9 Å². The van der Waals surface area contributed by atoms with Gasteiger partial charge in [-0.3, -0.25) is 4.79 Å². The molecule has 1 aromatic carbocycles. The number of carbonyl (C=O) groups is 1. The summed E-state index contributed by atoms with van der Waals surface area (Å²) in [7, 11) is 0. The molecule has 3 nitrogen and oxygen atoms in total. The molecule has 2 aromatic rings. The van der Waals surface area contributed by atoms with Crippen molar-refractivity contribution in [2.45, 2.75) is 12.8 Å². The maximum absolute atomic E-state index is 11.6. The zero-order chi connectivity index (χ0) is 12.8. The lowest BCUT2D eigenvalue weighted by molar-refractivity contribution is -0.120. The molecule has 0 aliphatic carbocycles. The standard InChI is InChI=1S/C14H16N2OS/c15-13-3-1-11(2-4-13)5-7-16-14(17)9-12-6-8-18-10-12/h1-4,6,8,10H,5,7,9,15H2,(H,16,17). The lowest BCUT2D eigenvalue weighted by atomic mass is 10.1. The smallest absolute Gasteiger partial charge is 0.224 e. The number of hydrogen-bond acceptors (Lipinski definition) is 3. The molecule has 3 N–H and O–H groups in total. The van der Waals surface area contributed by atoms with E-state index in [1.165, 1.54) is 5.56 Å². The summed E-state index contributed by atoms with van der Waals surface area (Å²) >= 11 is 1.61. The maximum atomic E-state index is 11.6. The molecule has 0 bridgehead atoms. The predicted molar refractivity (Wildman–Crippen MR) is 75.6 cm³/mol. The number of rotatable bonds is 5. The van der Waals surface area contributed by atoms with Gasteiger partial charge < -0.3 is 11.1 Å². The molecular formula is C14H16N2OS. The van der Waals surface area contributed by atoms with Crippen molar-refractivity contribution in [2.75, 3.05) is 12.3 Å². The molecule has 0 radical (unpaired) electrons. The van der Waals surface area contributed by atoms with Gasteiger partial charge in [0.05, 0.1) is 6.42 Å². The Morgan fingerprint density at radius 1 is 1.17 bits per heavy atom. The molecule has 0 aliphatic rings. The van der Waals surface area contributed by atoms with E-state index in [0.29, 0.717) is 13.0 Å². The molecule has 0 atom stereocenters. The highest BCUT2D eigenvalue weighted by Gasteiger charge is 2.02. The highest BCUT2D eigenvalue weighted by Crippen LogP contribution is 2.07. The van der Waals surface area contributed by atoms with Gasteiger partial charge in [0.1, 0.15) is 0 Å². The summed E-state index contributed by atoms with van der Waals surface area (Å²) in [6.07, 6.45) is 1.29. The van der Waals surface area contributed by atoms with Crippen LogP contribution in [0.5, 0.6) is 0 Å². The van der Waals surface area contributed by atoms with E-state index in [2.05, 4.69) is 5.32 Å². The Labute approximate surface area is 111 Å². The molecule has 1 amide bonds. The van der Waals surface area contributed by atoms with Crippen LogP contribution in [0.1, 0.15) is 11.1 Å². The van der Waals surface area contributed by atoms with E-state index in [1.807, 2.05) is 41.1 Å². The van der Waals surface area contributed by atoms with E-state index in [0.717, 1.165) is 17.7 Å². The molecule has 94 valence electrons. The van der Waals surface area contributed by atoms with Crippen molar-refractivity contribution in [1.82, 2.24) is 5.32 Å². The number of nitrogens with one attached hydrogen (secondary N) is 1. The van der Waals surface area contributed by atoms with Gasteiger partial charge in [-0.2, -0.15) is 11.3 Å². The molecule has 0 spiro atoms. The summed E-state index contributed by atoms with van der Waals surface area (Å²) in [5, 5.41) is 6.90. The molecule has 0 aliphatic heterocycles. The van der Waals surface area contributed by atoms with Crippen LogP contribution in [0.4, 0.5) is 5.69 Å². The number of carbonyl (C=O) groups excluding carboxylic acids is 1. The van der Waals surface area contributed by atoms with Crippen LogP contribution in [0.3, 0.4) is 0 Å². The topological polar surface area (TPSA) is 55.1 Å². The first kappa shape index (κ1) is 12.6. The van der Waals surface area contributed by atoms with Gasteiger partial charge in [0.25, 0.3) is 0 Å². The molecule has 18 heavy (non-hydrogen) atoms. The van der Waals surface area contributed by atoms with Gasteiger partial charge >= 0.3 is 0 Å². The third kappa shape index (κ3) is 3.89. The van der Waals surface area contributed by atoms with E-state index in [-0.39, 0.29) is 5.91 Å². The fourth-order valence-electron chi connectivity index (χ4n) is 1.67. The number of amides is 1. The second-order valence-electron chi connectivity index (χ2n) is 4.15. The van der Waals surface area contributed by atoms with Gasteiger partial charge in [0, 0.05) is 12.2 Å². The fourth-order valence-corrected chi connectivity index (χ4v) is 2.34. The SMILES string of the molecule is Nc1ccc(CCNC(=O)Cc2ccsc2)cc1. The Bertz CT molecular complexity index is 491. The normalized spacial score (nSPS) is 10.2. The Balaban J connectivity index is 1.72. The van der Waals surface area contributed by atoms with Crippen molar-refractivity contribution in [3.8, 4) is 0 Å². The molecule has 2 rings (SSSR count). The van der Waals surface area contributed by atoms with Crippen LogP contribution in [-0.4, -0.2) is 12.5 Å². The number of benzene rings is 1. The Hall–Kier alpha value is -1.81. The van der Waals surface area contributed by atoms with Gasteiger partial charge in [-0.05, 0) is 46.5 Å². The third-order valence-electron chi connectivity index (χ3n) is 2.66. The maximum Gasteiger partial charge on any atom is 0.224 e. The number of anilines is 1. The lowest BCUT2D eigenvalue weighted by Gasteiger charge is -2.05. The Morgan fingerprint density at radius 2 is 1.94 bits per heavy atom. The van der Waals surface area contributed by atoms with Crippen molar-refractivity contribution < 1.29 is 4.79 Å². The Morgan fingerprint density at radius 3 is 2.61 bits per heavy atom. The average Bonchev–Trinajstić information content (AvgIpc) is 2.84.